The number of hydrogen-bond donors (Lipinski definition) is 1. The summed E-state index contributed by atoms with van der Waals surface area (Å²) in [6.07, 6.45) is 4.24. The second kappa shape index (κ2) is 5.52. The van der Waals surface area contributed by atoms with Gasteiger partial charge in [-0.15, -0.1) is 0 Å². The SMILES string of the molecule is C=C(C)CN1CCCC1CC(O)c1ccco1. The third-order valence-corrected chi connectivity index (χ3v) is 3.34. The summed E-state index contributed by atoms with van der Waals surface area (Å²) in [7, 11) is 0. The average molecular weight is 235 g/mol. The minimum atomic E-state index is -0.485. The van der Waals surface area contributed by atoms with Crippen molar-refractivity contribution < 1.29 is 9.52 Å². The minimum absolute atomic E-state index is 0.451. The van der Waals surface area contributed by atoms with Crippen molar-refractivity contribution in [3.63, 3.8) is 0 Å². The number of furan rings is 1. The maximum Gasteiger partial charge on any atom is 0.132 e. The van der Waals surface area contributed by atoms with Gasteiger partial charge in [-0.25, -0.2) is 0 Å². The molecular weight excluding hydrogens is 214 g/mol. The molecule has 1 aromatic rings. The summed E-state index contributed by atoms with van der Waals surface area (Å²) in [4.78, 5) is 2.41. The van der Waals surface area contributed by atoms with Gasteiger partial charge in [-0.1, -0.05) is 12.2 Å². The molecule has 0 amide bonds. The van der Waals surface area contributed by atoms with Gasteiger partial charge in [0.05, 0.1) is 6.26 Å². The van der Waals surface area contributed by atoms with Gasteiger partial charge in [0.25, 0.3) is 0 Å². The Hall–Kier alpha value is -1.06. The first-order chi connectivity index (χ1) is 8.16. The summed E-state index contributed by atoms with van der Waals surface area (Å²) in [5.74, 6) is 0.673. The van der Waals surface area contributed by atoms with Gasteiger partial charge < -0.3 is 9.52 Å². The highest BCUT2D eigenvalue weighted by Crippen LogP contribution is 2.27. The van der Waals surface area contributed by atoms with E-state index in [1.807, 2.05) is 12.1 Å². The number of rotatable bonds is 5. The highest BCUT2D eigenvalue weighted by Gasteiger charge is 2.27. The monoisotopic (exact) mass is 235 g/mol. The number of likely N-dealkylation sites (tertiary alicyclic amines) is 1. The molecule has 3 nitrogen and oxygen atoms in total. The van der Waals surface area contributed by atoms with E-state index in [2.05, 4.69) is 18.4 Å². The van der Waals surface area contributed by atoms with Gasteiger partial charge in [0, 0.05) is 12.6 Å². The van der Waals surface area contributed by atoms with Crippen LogP contribution in [0, 0.1) is 0 Å². The van der Waals surface area contributed by atoms with E-state index in [9.17, 15) is 5.11 Å². The first-order valence-electron chi connectivity index (χ1n) is 6.26. The average Bonchev–Trinajstić information content (AvgIpc) is 2.89. The number of hydrogen-bond acceptors (Lipinski definition) is 3. The van der Waals surface area contributed by atoms with Crippen LogP contribution in [0.4, 0.5) is 0 Å². The summed E-state index contributed by atoms with van der Waals surface area (Å²) in [5.41, 5.74) is 1.18. The fourth-order valence-corrected chi connectivity index (χ4v) is 2.57. The third-order valence-electron chi connectivity index (χ3n) is 3.34. The van der Waals surface area contributed by atoms with Crippen molar-refractivity contribution in [2.75, 3.05) is 13.1 Å². The maximum atomic E-state index is 10.1. The molecule has 0 bridgehead atoms. The van der Waals surface area contributed by atoms with Crippen molar-refractivity contribution in [3.05, 3.63) is 36.3 Å². The molecule has 1 N–H and O–H groups in total. The molecule has 2 rings (SSSR count). The Morgan fingerprint density at radius 2 is 2.53 bits per heavy atom. The highest BCUT2D eigenvalue weighted by molar-refractivity contribution is 5.03. The fraction of sp³-hybridized carbons (Fsp3) is 0.571. The van der Waals surface area contributed by atoms with Crippen LogP contribution in [0.25, 0.3) is 0 Å². The predicted octanol–water partition coefficient (Wildman–Crippen LogP) is 2.74. The molecule has 3 heteroatoms. The fourth-order valence-electron chi connectivity index (χ4n) is 2.57. The summed E-state index contributed by atoms with van der Waals surface area (Å²) in [6.45, 7) is 8.07. The summed E-state index contributed by atoms with van der Waals surface area (Å²) >= 11 is 0. The van der Waals surface area contributed by atoms with Crippen LogP contribution in [0.15, 0.2) is 35.0 Å². The molecule has 0 aliphatic carbocycles. The topological polar surface area (TPSA) is 36.6 Å². The quantitative estimate of drug-likeness (QED) is 0.797. The lowest BCUT2D eigenvalue weighted by Gasteiger charge is -2.25. The molecule has 1 saturated heterocycles. The van der Waals surface area contributed by atoms with Crippen LogP contribution in [0.5, 0.6) is 0 Å². The minimum Gasteiger partial charge on any atom is -0.467 e. The Labute approximate surface area is 103 Å². The van der Waals surface area contributed by atoms with E-state index in [-0.39, 0.29) is 0 Å². The van der Waals surface area contributed by atoms with Crippen molar-refractivity contribution in [1.82, 2.24) is 4.90 Å². The smallest absolute Gasteiger partial charge is 0.132 e. The van der Waals surface area contributed by atoms with Crippen LogP contribution in [0.2, 0.25) is 0 Å². The Morgan fingerprint density at radius 1 is 1.71 bits per heavy atom. The van der Waals surface area contributed by atoms with Gasteiger partial charge in [0.1, 0.15) is 11.9 Å². The first kappa shape index (κ1) is 12.4. The van der Waals surface area contributed by atoms with E-state index in [0.29, 0.717) is 11.8 Å². The lowest BCUT2D eigenvalue weighted by molar-refractivity contribution is 0.105. The molecular formula is C14H21NO2. The molecule has 1 aromatic heterocycles. The van der Waals surface area contributed by atoms with E-state index in [4.69, 9.17) is 4.42 Å². The lowest BCUT2D eigenvalue weighted by Crippen LogP contribution is -2.32. The van der Waals surface area contributed by atoms with E-state index >= 15 is 0 Å². The van der Waals surface area contributed by atoms with E-state index in [1.54, 1.807) is 6.26 Å². The summed E-state index contributed by atoms with van der Waals surface area (Å²) in [6, 6.07) is 4.11. The summed E-state index contributed by atoms with van der Waals surface area (Å²) < 4.78 is 5.24. The number of nitrogens with zero attached hydrogens (tertiary/aromatic N) is 1. The standard InChI is InChI=1S/C14H21NO2/c1-11(2)10-15-7-3-5-12(15)9-13(16)14-6-4-8-17-14/h4,6,8,12-13,16H,1,3,5,7,9-10H2,2H3. The van der Waals surface area contributed by atoms with Crippen LogP contribution in [0.1, 0.15) is 38.1 Å². The Kier molecular flexibility index (Phi) is 4.02. The van der Waals surface area contributed by atoms with Crippen LogP contribution in [-0.4, -0.2) is 29.1 Å². The van der Waals surface area contributed by atoms with Gasteiger partial charge in [-0.2, -0.15) is 0 Å². The van der Waals surface area contributed by atoms with Gasteiger partial charge in [0.15, 0.2) is 0 Å². The second-order valence-electron chi connectivity index (χ2n) is 4.99. The number of aliphatic hydroxyl groups is 1. The van der Waals surface area contributed by atoms with Crippen molar-refractivity contribution in [3.8, 4) is 0 Å². The Bertz CT molecular complexity index is 358. The van der Waals surface area contributed by atoms with Gasteiger partial charge in [-0.05, 0) is 44.9 Å². The molecule has 0 aromatic carbocycles. The molecule has 0 saturated carbocycles. The largest absolute Gasteiger partial charge is 0.467 e. The molecule has 0 spiro atoms. The first-order valence-corrected chi connectivity index (χ1v) is 6.26. The van der Waals surface area contributed by atoms with Crippen molar-refractivity contribution in [2.24, 2.45) is 0 Å². The zero-order valence-electron chi connectivity index (χ0n) is 10.4. The van der Waals surface area contributed by atoms with Crippen molar-refractivity contribution >= 4 is 0 Å². The zero-order valence-corrected chi connectivity index (χ0v) is 10.4. The van der Waals surface area contributed by atoms with Gasteiger partial charge in [-0.3, -0.25) is 4.90 Å². The third kappa shape index (κ3) is 3.20. The Balaban J connectivity index is 1.91. The highest BCUT2D eigenvalue weighted by atomic mass is 16.4. The molecule has 17 heavy (non-hydrogen) atoms. The molecule has 2 unspecified atom stereocenters. The molecule has 1 aliphatic heterocycles. The molecule has 1 fully saturated rings. The predicted molar refractivity (Wildman–Crippen MR) is 67.7 cm³/mol. The molecule has 2 heterocycles. The van der Waals surface area contributed by atoms with Crippen LogP contribution in [0.3, 0.4) is 0 Å². The zero-order chi connectivity index (χ0) is 12.3. The molecule has 2 atom stereocenters. The lowest BCUT2D eigenvalue weighted by atomic mass is 10.0. The van der Waals surface area contributed by atoms with Gasteiger partial charge in [0.2, 0.25) is 0 Å². The normalized spacial score (nSPS) is 22.8. The van der Waals surface area contributed by atoms with E-state index in [0.717, 1.165) is 25.9 Å². The second-order valence-corrected chi connectivity index (χ2v) is 4.99. The van der Waals surface area contributed by atoms with E-state index < -0.39 is 6.10 Å². The van der Waals surface area contributed by atoms with Crippen LogP contribution in [-0.2, 0) is 0 Å². The van der Waals surface area contributed by atoms with Crippen LogP contribution < -0.4 is 0 Å². The summed E-state index contributed by atoms with van der Waals surface area (Å²) in [5, 5.41) is 10.1. The Morgan fingerprint density at radius 3 is 3.18 bits per heavy atom. The molecule has 94 valence electrons. The van der Waals surface area contributed by atoms with Crippen LogP contribution >= 0.6 is 0 Å². The number of aliphatic hydroxyl groups excluding tert-OH is 1. The van der Waals surface area contributed by atoms with Crippen molar-refractivity contribution in [2.45, 2.75) is 38.3 Å². The van der Waals surface area contributed by atoms with E-state index in [1.165, 1.54) is 12.0 Å². The van der Waals surface area contributed by atoms with Gasteiger partial charge >= 0.3 is 0 Å². The molecule has 1 aliphatic rings. The molecule has 0 radical (unpaired) electrons. The maximum absolute atomic E-state index is 10.1. The van der Waals surface area contributed by atoms with Crippen molar-refractivity contribution in [1.29, 1.82) is 0 Å².